The van der Waals surface area contributed by atoms with Gasteiger partial charge in [-0.05, 0) is 30.9 Å². The van der Waals surface area contributed by atoms with E-state index in [1.165, 1.54) is 12.8 Å². The molecule has 1 rings (SSSR count). The summed E-state index contributed by atoms with van der Waals surface area (Å²) in [4.78, 5) is 0. The number of aromatic nitrogens is 2. The van der Waals surface area contributed by atoms with Crippen LogP contribution in [0.5, 0.6) is 0 Å². The topological polar surface area (TPSA) is 37.8 Å². The molecule has 0 unspecified atom stereocenters. The van der Waals surface area contributed by atoms with Crippen molar-refractivity contribution in [1.82, 2.24) is 10.2 Å². The predicted molar refractivity (Wildman–Crippen MR) is 69.1 cm³/mol. The maximum Gasteiger partial charge on any atom is 0.155 e. The lowest BCUT2D eigenvalue weighted by Gasteiger charge is -2.15. The molecule has 16 heavy (non-hydrogen) atoms. The highest BCUT2D eigenvalue weighted by molar-refractivity contribution is 6.30. The molecule has 0 bridgehead atoms. The number of hydrogen-bond acceptors (Lipinski definition) is 3. The van der Waals surface area contributed by atoms with Crippen LogP contribution < -0.4 is 5.32 Å². The van der Waals surface area contributed by atoms with Crippen LogP contribution in [0, 0.1) is 19.8 Å². The first-order valence-corrected chi connectivity index (χ1v) is 6.21. The normalized spacial score (nSPS) is 10.9. The van der Waals surface area contributed by atoms with Gasteiger partial charge in [-0.2, -0.15) is 0 Å². The lowest BCUT2D eigenvalue weighted by atomic mass is 10.0. The first-order valence-electron chi connectivity index (χ1n) is 5.83. The molecule has 0 aromatic carbocycles. The van der Waals surface area contributed by atoms with E-state index >= 15 is 0 Å². The summed E-state index contributed by atoms with van der Waals surface area (Å²) in [5.74, 6) is 1.55. The fraction of sp³-hybridized carbons (Fsp3) is 0.667. The van der Waals surface area contributed by atoms with E-state index in [-0.39, 0.29) is 0 Å². The van der Waals surface area contributed by atoms with Gasteiger partial charge in [-0.3, -0.25) is 0 Å². The van der Waals surface area contributed by atoms with Crippen molar-refractivity contribution in [1.29, 1.82) is 0 Å². The SMILES string of the molecule is CCC(CC)CNc1nnc(Cl)c(C)c1C. The van der Waals surface area contributed by atoms with Crippen LogP contribution in [0.3, 0.4) is 0 Å². The van der Waals surface area contributed by atoms with Gasteiger partial charge in [0.15, 0.2) is 11.0 Å². The Kier molecular flexibility index (Phi) is 5.00. The molecule has 0 aliphatic heterocycles. The van der Waals surface area contributed by atoms with Gasteiger partial charge in [0.2, 0.25) is 0 Å². The highest BCUT2D eigenvalue weighted by Crippen LogP contribution is 2.21. The van der Waals surface area contributed by atoms with Gasteiger partial charge in [0.05, 0.1) is 0 Å². The number of nitrogens with zero attached hydrogens (tertiary/aromatic N) is 2. The minimum atomic E-state index is 0.491. The molecule has 0 radical (unpaired) electrons. The molecule has 0 saturated carbocycles. The van der Waals surface area contributed by atoms with Gasteiger partial charge < -0.3 is 5.32 Å². The molecule has 1 aromatic rings. The van der Waals surface area contributed by atoms with E-state index < -0.39 is 0 Å². The van der Waals surface area contributed by atoms with Crippen molar-refractivity contribution in [3.63, 3.8) is 0 Å². The van der Waals surface area contributed by atoms with Crippen LogP contribution in [0.4, 0.5) is 5.82 Å². The summed E-state index contributed by atoms with van der Waals surface area (Å²) >= 11 is 5.90. The Labute approximate surface area is 103 Å². The number of anilines is 1. The summed E-state index contributed by atoms with van der Waals surface area (Å²) in [6.07, 6.45) is 2.37. The summed E-state index contributed by atoms with van der Waals surface area (Å²) in [5, 5.41) is 11.9. The summed E-state index contributed by atoms with van der Waals surface area (Å²) in [5.41, 5.74) is 2.09. The molecule has 0 atom stereocenters. The molecule has 3 nitrogen and oxygen atoms in total. The van der Waals surface area contributed by atoms with Gasteiger partial charge in [-0.25, -0.2) is 0 Å². The Morgan fingerprint density at radius 1 is 1.12 bits per heavy atom. The van der Waals surface area contributed by atoms with Crippen molar-refractivity contribution in [3.05, 3.63) is 16.3 Å². The standard InChI is InChI=1S/C12H20ClN3/c1-5-10(6-2)7-14-12-9(4)8(3)11(13)15-16-12/h10H,5-7H2,1-4H3,(H,14,16). The van der Waals surface area contributed by atoms with E-state index in [1.807, 2.05) is 13.8 Å². The molecule has 0 fully saturated rings. The maximum absolute atomic E-state index is 5.90. The average molecular weight is 242 g/mol. The second-order valence-electron chi connectivity index (χ2n) is 4.15. The molecule has 0 aliphatic rings. The van der Waals surface area contributed by atoms with Crippen molar-refractivity contribution >= 4 is 17.4 Å². The zero-order valence-corrected chi connectivity index (χ0v) is 11.2. The lowest BCUT2D eigenvalue weighted by molar-refractivity contribution is 0.518. The van der Waals surface area contributed by atoms with E-state index in [9.17, 15) is 0 Å². The minimum Gasteiger partial charge on any atom is -0.368 e. The van der Waals surface area contributed by atoms with Crippen molar-refractivity contribution in [2.45, 2.75) is 40.5 Å². The van der Waals surface area contributed by atoms with Gasteiger partial charge in [0.25, 0.3) is 0 Å². The summed E-state index contributed by atoms with van der Waals surface area (Å²) in [6, 6.07) is 0. The molecule has 0 aliphatic carbocycles. The molecule has 1 heterocycles. The Bertz CT molecular complexity index is 348. The number of rotatable bonds is 5. The molecule has 4 heteroatoms. The molecule has 90 valence electrons. The van der Waals surface area contributed by atoms with Gasteiger partial charge in [-0.15, -0.1) is 10.2 Å². The van der Waals surface area contributed by atoms with Crippen molar-refractivity contribution < 1.29 is 0 Å². The Morgan fingerprint density at radius 2 is 1.75 bits per heavy atom. The Hall–Kier alpha value is -0.830. The van der Waals surface area contributed by atoms with Crippen LogP contribution >= 0.6 is 11.6 Å². The highest BCUT2D eigenvalue weighted by Gasteiger charge is 2.09. The van der Waals surface area contributed by atoms with E-state index in [4.69, 9.17) is 11.6 Å². The van der Waals surface area contributed by atoms with E-state index in [0.717, 1.165) is 23.5 Å². The first kappa shape index (κ1) is 13.2. The third-order valence-corrected chi connectivity index (χ3v) is 3.54. The van der Waals surface area contributed by atoms with Crippen LogP contribution in [-0.2, 0) is 0 Å². The second kappa shape index (κ2) is 6.04. The molecular weight excluding hydrogens is 222 g/mol. The van der Waals surface area contributed by atoms with Gasteiger partial charge in [-0.1, -0.05) is 38.3 Å². The third kappa shape index (κ3) is 3.08. The van der Waals surface area contributed by atoms with Gasteiger partial charge in [0.1, 0.15) is 0 Å². The van der Waals surface area contributed by atoms with Crippen molar-refractivity contribution in [2.75, 3.05) is 11.9 Å². The van der Waals surface area contributed by atoms with Crippen LogP contribution in [0.2, 0.25) is 5.15 Å². The summed E-state index contributed by atoms with van der Waals surface area (Å²) < 4.78 is 0. The van der Waals surface area contributed by atoms with Crippen LogP contribution in [0.15, 0.2) is 0 Å². The highest BCUT2D eigenvalue weighted by atomic mass is 35.5. The zero-order valence-electron chi connectivity index (χ0n) is 10.5. The zero-order chi connectivity index (χ0) is 12.1. The fourth-order valence-electron chi connectivity index (χ4n) is 1.56. The molecule has 0 amide bonds. The van der Waals surface area contributed by atoms with Crippen molar-refractivity contribution in [2.24, 2.45) is 5.92 Å². The molecule has 0 spiro atoms. The molecule has 1 aromatic heterocycles. The number of nitrogens with one attached hydrogen (secondary N) is 1. The van der Waals surface area contributed by atoms with E-state index in [1.54, 1.807) is 0 Å². The summed E-state index contributed by atoms with van der Waals surface area (Å²) in [7, 11) is 0. The Balaban J connectivity index is 2.71. The van der Waals surface area contributed by atoms with Crippen LogP contribution in [-0.4, -0.2) is 16.7 Å². The second-order valence-corrected chi connectivity index (χ2v) is 4.51. The largest absolute Gasteiger partial charge is 0.368 e. The predicted octanol–water partition coefficient (Wildman–Crippen LogP) is 3.59. The molecule has 0 saturated heterocycles. The third-order valence-electron chi connectivity index (χ3n) is 3.18. The number of hydrogen-bond donors (Lipinski definition) is 1. The van der Waals surface area contributed by atoms with Gasteiger partial charge >= 0.3 is 0 Å². The minimum absolute atomic E-state index is 0.491. The molecular formula is C12H20ClN3. The van der Waals surface area contributed by atoms with Crippen molar-refractivity contribution in [3.8, 4) is 0 Å². The first-order chi connectivity index (χ1) is 7.60. The average Bonchev–Trinajstić information content (AvgIpc) is 2.30. The van der Waals surface area contributed by atoms with E-state index in [2.05, 4.69) is 29.4 Å². The Morgan fingerprint density at radius 3 is 2.31 bits per heavy atom. The van der Waals surface area contributed by atoms with Gasteiger partial charge in [0, 0.05) is 6.54 Å². The van der Waals surface area contributed by atoms with Crippen LogP contribution in [0.1, 0.15) is 37.8 Å². The molecule has 1 N–H and O–H groups in total. The smallest absolute Gasteiger partial charge is 0.155 e. The summed E-state index contributed by atoms with van der Waals surface area (Å²) in [6.45, 7) is 9.35. The number of halogens is 1. The lowest BCUT2D eigenvalue weighted by Crippen LogP contribution is -2.15. The van der Waals surface area contributed by atoms with Crippen LogP contribution in [0.25, 0.3) is 0 Å². The monoisotopic (exact) mass is 241 g/mol. The maximum atomic E-state index is 5.90. The fourth-order valence-corrected chi connectivity index (χ4v) is 1.74. The van der Waals surface area contributed by atoms with E-state index in [0.29, 0.717) is 11.1 Å². The quantitative estimate of drug-likeness (QED) is 0.856.